The van der Waals surface area contributed by atoms with Gasteiger partial charge < -0.3 is 14.4 Å². The molecule has 0 bridgehead atoms. The number of epoxide rings is 1. The molecule has 0 aromatic heterocycles. The monoisotopic (exact) mass is 202 g/mol. The molecule has 1 rings (SSSR count). The number of ether oxygens (including phenoxy) is 2. The maximum Gasteiger partial charge on any atom is 0.200 e. The van der Waals surface area contributed by atoms with Crippen LogP contribution in [0.3, 0.4) is 0 Å². The Hall–Kier alpha value is -0.160. The summed E-state index contributed by atoms with van der Waals surface area (Å²) in [5.41, 5.74) is 0. The normalized spacial score (nSPS) is 26.6. The van der Waals surface area contributed by atoms with Gasteiger partial charge in [-0.1, -0.05) is 0 Å². The fourth-order valence-electron chi connectivity index (χ4n) is 1.26. The molecule has 0 aromatic carbocycles. The molecule has 4 nitrogen and oxygen atoms in total. The van der Waals surface area contributed by atoms with Gasteiger partial charge in [-0.2, -0.15) is 0 Å². The van der Waals surface area contributed by atoms with Crippen LogP contribution < -0.4 is 0 Å². The maximum absolute atomic E-state index is 5.52. The summed E-state index contributed by atoms with van der Waals surface area (Å²) in [4.78, 5) is 4.35. The molecule has 0 amide bonds. The van der Waals surface area contributed by atoms with Crippen LogP contribution in [-0.4, -0.2) is 62.7 Å². The van der Waals surface area contributed by atoms with Crippen LogP contribution in [0.5, 0.6) is 0 Å². The molecule has 0 aliphatic carbocycles. The predicted molar refractivity (Wildman–Crippen MR) is 56.1 cm³/mol. The lowest BCUT2D eigenvalue weighted by atomic mass is 10.4. The largest absolute Gasteiger partial charge is 0.346 e. The van der Waals surface area contributed by atoms with Gasteiger partial charge in [0.05, 0.1) is 6.10 Å². The zero-order chi connectivity index (χ0) is 10.7. The minimum absolute atomic E-state index is 0.0119. The van der Waals surface area contributed by atoms with Crippen molar-refractivity contribution >= 4 is 0 Å². The Morgan fingerprint density at radius 1 is 1.21 bits per heavy atom. The van der Waals surface area contributed by atoms with Gasteiger partial charge in [0, 0.05) is 13.1 Å². The van der Waals surface area contributed by atoms with Crippen molar-refractivity contribution in [3.63, 3.8) is 0 Å². The first-order valence-electron chi connectivity index (χ1n) is 5.16. The highest BCUT2D eigenvalue weighted by Gasteiger charge is 2.43. The summed E-state index contributed by atoms with van der Waals surface area (Å²) in [6, 6.07) is 0. The second-order valence-corrected chi connectivity index (χ2v) is 4.36. The summed E-state index contributed by atoms with van der Waals surface area (Å²) in [6.07, 6.45) is 0.395. The summed E-state index contributed by atoms with van der Waals surface area (Å²) < 4.78 is 10.9. The molecule has 0 aromatic rings. The minimum Gasteiger partial charge on any atom is -0.346 e. The molecule has 2 atom stereocenters. The Kier molecular flexibility index (Phi) is 4.31. The van der Waals surface area contributed by atoms with Crippen molar-refractivity contribution in [2.45, 2.75) is 32.5 Å². The second-order valence-electron chi connectivity index (χ2n) is 4.36. The maximum atomic E-state index is 5.52. The molecule has 1 aliphatic heterocycles. The topological polar surface area (TPSA) is 28.2 Å². The van der Waals surface area contributed by atoms with Crippen molar-refractivity contribution in [3.8, 4) is 0 Å². The molecule has 1 saturated heterocycles. The van der Waals surface area contributed by atoms with Crippen LogP contribution in [-0.2, 0) is 9.47 Å². The SMILES string of the molecule is CC(C)OC1OC1N(C)CCN(C)C. The van der Waals surface area contributed by atoms with Gasteiger partial charge >= 0.3 is 0 Å². The van der Waals surface area contributed by atoms with Crippen molar-refractivity contribution < 1.29 is 9.47 Å². The molecule has 0 N–H and O–H groups in total. The van der Waals surface area contributed by atoms with Gasteiger partial charge in [-0.05, 0) is 35.0 Å². The highest BCUT2D eigenvalue weighted by molar-refractivity contribution is 4.76. The van der Waals surface area contributed by atoms with Gasteiger partial charge in [0.25, 0.3) is 0 Å². The summed E-state index contributed by atoms with van der Waals surface area (Å²) in [5, 5.41) is 0. The third kappa shape index (κ3) is 3.92. The number of hydrogen-bond acceptors (Lipinski definition) is 4. The molecule has 84 valence electrons. The van der Waals surface area contributed by atoms with Gasteiger partial charge in [0.1, 0.15) is 0 Å². The summed E-state index contributed by atoms with van der Waals surface area (Å²) in [7, 11) is 6.21. The van der Waals surface area contributed by atoms with Crippen molar-refractivity contribution in [2.24, 2.45) is 0 Å². The van der Waals surface area contributed by atoms with Crippen LogP contribution in [0, 0.1) is 0 Å². The number of nitrogens with zero attached hydrogens (tertiary/aromatic N) is 2. The third-order valence-corrected chi connectivity index (χ3v) is 2.17. The molecule has 0 saturated carbocycles. The van der Waals surface area contributed by atoms with Crippen molar-refractivity contribution in [2.75, 3.05) is 34.2 Å². The van der Waals surface area contributed by atoms with E-state index in [9.17, 15) is 0 Å². The van der Waals surface area contributed by atoms with Crippen LogP contribution in [0.1, 0.15) is 13.8 Å². The van der Waals surface area contributed by atoms with E-state index in [1.54, 1.807) is 0 Å². The van der Waals surface area contributed by atoms with E-state index in [0.717, 1.165) is 13.1 Å². The van der Waals surface area contributed by atoms with Crippen LogP contribution in [0.2, 0.25) is 0 Å². The zero-order valence-electron chi connectivity index (χ0n) is 9.86. The Balaban J connectivity index is 2.12. The average molecular weight is 202 g/mol. The number of rotatable bonds is 6. The van der Waals surface area contributed by atoms with Gasteiger partial charge in [0.15, 0.2) is 12.5 Å². The number of hydrogen-bond donors (Lipinski definition) is 0. The molecule has 4 heteroatoms. The molecular weight excluding hydrogens is 180 g/mol. The first-order valence-corrected chi connectivity index (χ1v) is 5.16. The second kappa shape index (κ2) is 5.07. The molecule has 1 heterocycles. The van der Waals surface area contributed by atoms with E-state index in [0.29, 0.717) is 0 Å². The molecule has 0 radical (unpaired) electrons. The van der Waals surface area contributed by atoms with Crippen molar-refractivity contribution in [3.05, 3.63) is 0 Å². The van der Waals surface area contributed by atoms with Crippen LogP contribution in [0.25, 0.3) is 0 Å². The summed E-state index contributed by atoms with van der Waals surface area (Å²) in [6.45, 7) is 6.11. The Morgan fingerprint density at radius 2 is 1.86 bits per heavy atom. The smallest absolute Gasteiger partial charge is 0.200 e. The summed E-state index contributed by atoms with van der Waals surface area (Å²) >= 11 is 0. The molecule has 1 aliphatic rings. The van der Waals surface area contributed by atoms with E-state index < -0.39 is 0 Å². The van der Waals surface area contributed by atoms with E-state index >= 15 is 0 Å². The zero-order valence-corrected chi connectivity index (χ0v) is 9.86. The van der Waals surface area contributed by atoms with Gasteiger partial charge in [-0.3, -0.25) is 4.90 Å². The molecule has 14 heavy (non-hydrogen) atoms. The van der Waals surface area contributed by atoms with Crippen LogP contribution >= 0.6 is 0 Å². The van der Waals surface area contributed by atoms with Gasteiger partial charge in [-0.25, -0.2) is 0 Å². The average Bonchev–Trinajstić information content (AvgIpc) is 2.78. The predicted octanol–water partition coefficient (Wildman–Crippen LogP) is 0.587. The highest BCUT2D eigenvalue weighted by atomic mass is 16.8. The van der Waals surface area contributed by atoms with Gasteiger partial charge in [-0.15, -0.1) is 0 Å². The lowest BCUT2D eigenvalue weighted by Gasteiger charge is -2.17. The highest BCUT2D eigenvalue weighted by Crippen LogP contribution is 2.26. The molecule has 0 spiro atoms. The lowest BCUT2D eigenvalue weighted by Crippen LogP contribution is -2.32. The van der Waals surface area contributed by atoms with Crippen molar-refractivity contribution in [1.29, 1.82) is 0 Å². The van der Waals surface area contributed by atoms with E-state index in [2.05, 4.69) is 30.9 Å². The van der Waals surface area contributed by atoms with Crippen LogP contribution in [0.15, 0.2) is 0 Å². The molecule has 1 fully saturated rings. The Labute approximate surface area is 86.8 Å². The first kappa shape index (κ1) is 11.9. The third-order valence-electron chi connectivity index (χ3n) is 2.17. The molecule has 2 unspecified atom stereocenters. The Bertz CT molecular complexity index is 174. The van der Waals surface area contributed by atoms with E-state index in [-0.39, 0.29) is 18.6 Å². The minimum atomic E-state index is -0.0119. The number of likely N-dealkylation sites (N-methyl/N-ethyl adjacent to an activating group) is 2. The molecular formula is C10H22N2O2. The fourth-order valence-corrected chi connectivity index (χ4v) is 1.26. The fraction of sp³-hybridized carbons (Fsp3) is 1.00. The van der Waals surface area contributed by atoms with Crippen molar-refractivity contribution in [1.82, 2.24) is 9.80 Å². The standard InChI is InChI=1S/C10H22N2O2/c1-8(2)13-10-9(14-10)12(5)7-6-11(3)4/h8-10H,6-7H2,1-5H3. The Morgan fingerprint density at radius 3 is 2.36 bits per heavy atom. The quantitative estimate of drug-likeness (QED) is 0.589. The van der Waals surface area contributed by atoms with E-state index in [4.69, 9.17) is 9.47 Å². The van der Waals surface area contributed by atoms with Crippen LogP contribution in [0.4, 0.5) is 0 Å². The van der Waals surface area contributed by atoms with E-state index in [1.165, 1.54) is 0 Å². The first-order chi connectivity index (χ1) is 6.50. The van der Waals surface area contributed by atoms with E-state index in [1.807, 2.05) is 13.8 Å². The summed E-state index contributed by atoms with van der Waals surface area (Å²) in [5.74, 6) is 0. The lowest BCUT2D eigenvalue weighted by molar-refractivity contribution is 0.00761. The van der Waals surface area contributed by atoms with Gasteiger partial charge in [0.2, 0.25) is 0 Å².